The first-order valence-corrected chi connectivity index (χ1v) is 12.5. The van der Waals surface area contributed by atoms with Gasteiger partial charge in [-0.25, -0.2) is 13.1 Å². The maximum absolute atomic E-state index is 13.0. The highest BCUT2D eigenvalue weighted by Crippen LogP contribution is 2.55. The van der Waals surface area contributed by atoms with Gasteiger partial charge in [-0.3, -0.25) is 4.79 Å². The Balaban J connectivity index is 1.67. The van der Waals surface area contributed by atoms with Crippen molar-refractivity contribution in [3.05, 3.63) is 60.2 Å². The summed E-state index contributed by atoms with van der Waals surface area (Å²) in [6.07, 6.45) is 3.77. The molecule has 1 saturated carbocycles. The Kier molecular flexibility index (Phi) is 5.49. The number of nitrogens with zero attached hydrogens (tertiary/aromatic N) is 1. The van der Waals surface area contributed by atoms with Crippen molar-refractivity contribution in [2.75, 3.05) is 12.8 Å². The van der Waals surface area contributed by atoms with Crippen LogP contribution in [0.5, 0.6) is 0 Å². The van der Waals surface area contributed by atoms with E-state index in [0.29, 0.717) is 13.0 Å². The molecule has 1 aliphatic heterocycles. The van der Waals surface area contributed by atoms with Crippen LogP contribution in [0.25, 0.3) is 11.1 Å². The highest BCUT2D eigenvalue weighted by Gasteiger charge is 2.61. The van der Waals surface area contributed by atoms with E-state index in [9.17, 15) is 13.2 Å². The minimum absolute atomic E-state index is 0.100. The zero-order valence-corrected chi connectivity index (χ0v) is 18.7. The van der Waals surface area contributed by atoms with Gasteiger partial charge >= 0.3 is 0 Å². The van der Waals surface area contributed by atoms with Crippen molar-refractivity contribution in [3.8, 4) is 11.1 Å². The summed E-state index contributed by atoms with van der Waals surface area (Å²) in [4.78, 5) is 14.9. The van der Waals surface area contributed by atoms with Crippen molar-refractivity contribution in [2.45, 2.75) is 45.2 Å². The summed E-state index contributed by atoms with van der Waals surface area (Å²) in [6, 6.07) is 18.1. The molecular formula is C24H30N2O3S. The number of carbonyl (C=O) groups is 1. The topological polar surface area (TPSA) is 66.5 Å². The van der Waals surface area contributed by atoms with Crippen LogP contribution >= 0.6 is 0 Å². The second kappa shape index (κ2) is 7.82. The third-order valence-corrected chi connectivity index (χ3v) is 7.10. The summed E-state index contributed by atoms with van der Waals surface area (Å²) in [5.41, 5.74) is 3.27. The number of carbonyl (C=O) groups excluding carboxylic acids is 1. The van der Waals surface area contributed by atoms with E-state index in [-0.39, 0.29) is 29.3 Å². The monoisotopic (exact) mass is 426 g/mol. The van der Waals surface area contributed by atoms with Crippen molar-refractivity contribution in [1.29, 1.82) is 0 Å². The maximum atomic E-state index is 13.0. The summed E-state index contributed by atoms with van der Waals surface area (Å²) in [6.45, 7) is 4.46. The van der Waals surface area contributed by atoms with Gasteiger partial charge in [0.2, 0.25) is 15.9 Å². The van der Waals surface area contributed by atoms with Gasteiger partial charge in [-0.15, -0.1) is 0 Å². The molecule has 1 amide bonds. The standard InChI is InChI=1S/C24H30N2O3S/c1-17(2)23(27)26-16-24(12-13-24)22(25-30(3,28)29)21(26)15-18-8-7-11-20(14-18)19-9-5-4-6-10-19/h4-11,14,17,21-22,25H,12-13,15-16H2,1-3H3/t21-,22+/m1/s1. The average Bonchev–Trinajstić information content (AvgIpc) is 3.43. The second-order valence-corrected chi connectivity index (χ2v) is 11.0. The van der Waals surface area contributed by atoms with Crippen LogP contribution in [0.1, 0.15) is 32.3 Å². The molecule has 0 bridgehead atoms. The fourth-order valence-corrected chi connectivity index (χ4v) is 5.63. The molecule has 2 aliphatic rings. The SMILES string of the molecule is CC(C)C(=O)N1CC2(CC2)[C@@H](NS(C)(=O)=O)[C@H]1Cc1cccc(-c2ccccc2)c1. The van der Waals surface area contributed by atoms with E-state index in [2.05, 4.69) is 35.1 Å². The van der Waals surface area contributed by atoms with Crippen molar-refractivity contribution < 1.29 is 13.2 Å². The quantitative estimate of drug-likeness (QED) is 0.769. The van der Waals surface area contributed by atoms with Gasteiger partial charge in [0.15, 0.2) is 0 Å². The first kappa shape index (κ1) is 21.1. The third kappa shape index (κ3) is 4.30. The molecule has 160 valence electrons. The molecule has 30 heavy (non-hydrogen) atoms. The molecule has 0 aromatic heterocycles. The zero-order chi connectivity index (χ0) is 21.5. The van der Waals surface area contributed by atoms with Gasteiger partial charge in [0.1, 0.15) is 0 Å². The molecule has 2 atom stereocenters. The van der Waals surface area contributed by atoms with Crippen molar-refractivity contribution in [2.24, 2.45) is 11.3 Å². The van der Waals surface area contributed by atoms with Crippen LogP contribution in [0.4, 0.5) is 0 Å². The molecule has 0 unspecified atom stereocenters. The van der Waals surface area contributed by atoms with E-state index in [4.69, 9.17) is 0 Å². The molecule has 1 saturated heterocycles. The van der Waals surface area contributed by atoms with Gasteiger partial charge < -0.3 is 4.90 Å². The smallest absolute Gasteiger partial charge is 0.225 e. The number of nitrogens with one attached hydrogen (secondary N) is 1. The summed E-state index contributed by atoms with van der Waals surface area (Å²) in [5.74, 6) is -0.0146. The predicted octanol–water partition coefficient (Wildman–Crippen LogP) is 3.46. The van der Waals surface area contributed by atoms with Crippen LogP contribution in [-0.2, 0) is 21.2 Å². The van der Waals surface area contributed by atoms with Crippen LogP contribution in [0, 0.1) is 11.3 Å². The number of benzene rings is 2. The molecule has 2 aromatic carbocycles. The minimum Gasteiger partial charge on any atom is -0.337 e. The molecule has 5 nitrogen and oxygen atoms in total. The Morgan fingerprint density at radius 2 is 1.77 bits per heavy atom. The van der Waals surface area contributed by atoms with E-state index in [0.717, 1.165) is 29.5 Å². The number of likely N-dealkylation sites (tertiary alicyclic amines) is 1. The lowest BCUT2D eigenvalue weighted by atomic mass is 9.91. The van der Waals surface area contributed by atoms with Gasteiger partial charge in [0.05, 0.1) is 12.3 Å². The maximum Gasteiger partial charge on any atom is 0.225 e. The molecule has 1 N–H and O–H groups in total. The minimum atomic E-state index is -3.37. The largest absolute Gasteiger partial charge is 0.337 e. The Morgan fingerprint density at radius 1 is 1.10 bits per heavy atom. The van der Waals surface area contributed by atoms with Gasteiger partial charge in [0, 0.05) is 23.9 Å². The van der Waals surface area contributed by atoms with Crippen LogP contribution in [0.2, 0.25) is 0 Å². The van der Waals surface area contributed by atoms with Crippen molar-refractivity contribution in [1.82, 2.24) is 9.62 Å². The summed E-state index contributed by atoms with van der Waals surface area (Å²) in [5, 5.41) is 0. The first-order valence-electron chi connectivity index (χ1n) is 10.6. The molecule has 4 rings (SSSR count). The predicted molar refractivity (Wildman–Crippen MR) is 119 cm³/mol. The Hall–Kier alpha value is -2.18. The lowest BCUT2D eigenvalue weighted by Crippen LogP contribution is -2.50. The summed E-state index contributed by atoms with van der Waals surface area (Å²) in [7, 11) is -3.37. The molecule has 1 heterocycles. The molecule has 0 radical (unpaired) electrons. The molecule has 1 aliphatic carbocycles. The summed E-state index contributed by atoms with van der Waals surface area (Å²) < 4.78 is 27.2. The van der Waals surface area contributed by atoms with Crippen LogP contribution < -0.4 is 4.72 Å². The first-order chi connectivity index (χ1) is 14.2. The highest BCUT2D eigenvalue weighted by molar-refractivity contribution is 7.88. The average molecular weight is 427 g/mol. The van der Waals surface area contributed by atoms with Crippen LogP contribution in [0.15, 0.2) is 54.6 Å². The van der Waals surface area contributed by atoms with Crippen molar-refractivity contribution in [3.63, 3.8) is 0 Å². The number of amides is 1. The molecule has 2 fully saturated rings. The molecular weight excluding hydrogens is 396 g/mol. The van der Waals surface area contributed by atoms with Crippen LogP contribution in [0.3, 0.4) is 0 Å². The number of hydrogen-bond donors (Lipinski definition) is 1. The Labute approximate surface area is 179 Å². The fraction of sp³-hybridized carbons (Fsp3) is 0.458. The normalized spacial score (nSPS) is 22.6. The van der Waals surface area contributed by atoms with Gasteiger partial charge in [-0.1, -0.05) is 68.4 Å². The molecule has 6 heteroatoms. The number of rotatable bonds is 6. The third-order valence-electron chi connectivity index (χ3n) is 6.42. The van der Waals surface area contributed by atoms with Gasteiger partial charge in [-0.2, -0.15) is 0 Å². The Morgan fingerprint density at radius 3 is 2.37 bits per heavy atom. The molecule has 2 aromatic rings. The Bertz CT molecular complexity index is 1030. The van der Waals surface area contributed by atoms with Gasteiger partial charge in [-0.05, 0) is 36.0 Å². The van der Waals surface area contributed by atoms with Crippen molar-refractivity contribution >= 4 is 15.9 Å². The lowest BCUT2D eigenvalue weighted by molar-refractivity contribution is -0.135. The number of hydrogen-bond acceptors (Lipinski definition) is 3. The zero-order valence-electron chi connectivity index (χ0n) is 17.8. The van der Waals surface area contributed by atoms with Gasteiger partial charge in [0.25, 0.3) is 0 Å². The molecule has 1 spiro atoms. The number of sulfonamides is 1. The fourth-order valence-electron chi connectivity index (χ4n) is 4.76. The lowest BCUT2D eigenvalue weighted by Gasteiger charge is -2.30. The second-order valence-electron chi connectivity index (χ2n) is 9.19. The van der Waals surface area contributed by atoms with E-state index in [1.54, 1.807) is 0 Å². The highest BCUT2D eigenvalue weighted by atomic mass is 32.2. The van der Waals surface area contributed by atoms with E-state index < -0.39 is 10.0 Å². The van der Waals surface area contributed by atoms with E-state index in [1.165, 1.54) is 6.26 Å². The summed E-state index contributed by atoms with van der Waals surface area (Å²) >= 11 is 0. The van der Waals surface area contributed by atoms with E-state index in [1.807, 2.05) is 43.0 Å². The van der Waals surface area contributed by atoms with Crippen LogP contribution in [-0.4, -0.2) is 44.1 Å². The van der Waals surface area contributed by atoms with E-state index >= 15 is 0 Å².